The number of allylic oxidation sites excluding steroid dienone is 2. The summed E-state index contributed by atoms with van der Waals surface area (Å²) in [7, 11) is -0.178. The van der Waals surface area contributed by atoms with Crippen LogP contribution in [-0.2, 0) is 24.3 Å². The minimum atomic E-state index is -0.178. The molecule has 0 unspecified atom stereocenters. The molecule has 5 heteroatoms. The molecule has 1 aliphatic rings. The fourth-order valence-electron chi connectivity index (χ4n) is 3.16. The molecule has 1 heterocycles. The maximum atomic E-state index is 8.00. The van der Waals surface area contributed by atoms with Crippen LogP contribution in [0.4, 0.5) is 0 Å². The van der Waals surface area contributed by atoms with Gasteiger partial charge in [0, 0.05) is 17.9 Å². The van der Waals surface area contributed by atoms with Crippen LogP contribution in [0, 0.1) is 0 Å². The van der Waals surface area contributed by atoms with Gasteiger partial charge in [-0.25, -0.2) is 0 Å². The van der Waals surface area contributed by atoms with Crippen molar-refractivity contribution in [1.29, 1.82) is 0 Å². The Morgan fingerprint density at radius 3 is 2.00 bits per heavy atom. The van der Waals surface area contributed by atoms with Crippen molar-refractivity contribution in [2.45, 2.75) is 78.5 Å². The molecule has 0 amide bonds. The first kappa shape index (κ1) is 27.2. The molecule has 1 aliphatic heterocycles. The molecule has 0 saturated carbocycles. The molecule has 148 valence electrons. The molecule has 0 aromatic carbocycles. The van der Waals surface area contributed by atoms with Gasteiger partial charge in [-0.05, 0) is 42.1 Å². The quantitative estimate of drug-likeness (QED) is 0.464. The molecular weight excluding hydrogens is 416 g/mol. The van der Waals surface area contributed by atoms with Crippen molar-refractivity contribution < 1.29 is 24.3 Å². The van der Waals surface area contributed by atoms with E-state index in [0.29, 0.717) is 10.3 Å². The SMILES string of the molecule is C=O.CCN(CC)CC1=CCC/C(=C\P(C(C)(C)C)C(C)(C)C)N1.[RuH+]. The maximum absolute atomic E-state index is 8.00. The van der Waals surface area contributed by atoms with E-state index in [1.54, 1.807) is 0 Å². The van der Waals surface area contributed by atoms with Gasteiger partial charge in [0.15, 0.2) is 0 Å². The van der Waals surface area contributed by atoms with Gasteiger partial charge in [0.2, 0.25) is 0 Å². The van der Waals surface area contributed by atoms with Crippen molar-refractivity contribution in [3.05, 3.63) is 23.3 Å². The molecular formula is C20H40N2OPRu+. The molecule has 3 nitrogen and oxygen atoms in total. The third-order valence-electron chi connectivity index (χ3n) is 4.14. The molecule has 0 bridgehead atoms. The van der Waals surface area contributed by atoms with Crippen LogP contribution in [0.5, 0.6) is 0 Å². The van der Waals surface area contributed by atoms with E-state index in [4.69, 9.17) is 4.79 Å². The summed E-state index contributed by atoms with van der Waals surface area (Å²) in [5.41, 5.74) is 2.83. The summed E-state index contributed by atoms with van der Waals surface area (Å²) in [6, 6.07) is 0. The number of carbonyl (C=O) groups excluding carboxylic acids is 1. The second kappa shape index (κ2) is 12.4. The number of carbonyl (C=O) groups is 1. The summed E-state index contributed by atoms with van der Waals surface area (Å²) < 4.78 is 0. The van der Waals surface area contributed by atoms with Crippen LogP contribution in [0.3, 0.4) is 0 Å². The topological polar surface area (TPSA) is 32.3 Å². The predicted octanol–water partition coefficient (Wildman–Crippen LogP) is 5.06. The van der Waals surface area contributed by atoms with Crippen LogP contribution in [0.1, 0.15) is 68.2 Å². The van der Waals surface area contributed by atoms with E-state index in [1.807, 2.05) is 6.79 Å². The van der Waals surface area contributed by atoms with E-state index in [2.05, 4.69) is 77.5 Å². The zero-order valence-electron chi connectivity index (χ0n) is 17.6. The Bertz CT molecular complexity index is 418. The zero-order chi connectivity index (χ0) is 19.0. The van der Waals surface area contributed by atoms with Gasteiger partial charge in [0.1, 0.15) is 6.79 Å². The molecule has 1 radical (unpaired) electrons. The van der Waals surface area contributed by atoms with Crippen molar-refractivity contribution in [1.82, 2.24) is 10.2 Å². The first-order valence-corrected chi connectivity index (χ1v) is 10.5. The average Bonchev–Trinajstić information content (AvgIpc) is 2.50. The summed E-state index contributed by atoms with van der Waals surface area (Å²) in [6.45, 7) is 24.1. The summed E-state index contributed by atoms with van der Waals surface area (Å²) in [5, 5.41) is 4.42. The van der Waals surface area contributed by atoms with E-state index < -0.39 is 0 Å². The minimum absolute atomic E-state index is 0. The first-order valence-electron chi connectivity index (χ1n) is 9.05. The van der Waals surface area contributed by atoms with Gasteiger partial charge >= 0.3 is 19.5 Å². The van der Waals surface area contributed by atoms with Gasteiger partial charge in [0.25, 0.3) is 0 Å². The first-order chi connectivity index (χ1) is 11.1. The van der Waals surface area contributed by atoms with Gasteiger partial charge in [-0.15, -0.1) is 0 Å². The van der Waals surface area contributed by atoms with Crippen LogP contribution in [0.15, 0.2) is 23.3 Å². The average molecular weight is 457 g/mol. The van der Waals surface area contributed by atoms with Crippen LogP contribution in [-0.4, -0.2) is 41.6 Å². The normalized spacial score (nSPS) is 16.7. The van der Waals surface area contributed by atoms with Gasteiger partial charge in [0.05, 0.1) is 0 Å². The van der Waals surface area contributed by atoms with Crippen molar-refractivity contribution in [2.24, 2.45) is 0 Å². The molecule has 0 aromatic heterocycles. The number of rotatable bonds is 5. The molecule has 1 N–H and O–H groups in total. The standard InChI is InChI=1S/C19H37N2P.CH2O.Ru.H/c1-9-21(10-2)14-16-12-11-13-17(20-16)15-22(18(3,4)5)19(6,7)8;1-2;;/h12,15,20H,9-11,13-14H2,1-8H3;1H2;;/q;;+1;/b17-15+;;;. The van der Waals surface area contributed by atoms with E-state index in [-0.39, 0.29) is 27.4 Å². The summed E-state index contributed by atoms with van der Waals surface area (Å²) in [5.74, 6) is 2.57. The Morgan fingerprint density at radius 1 is 1.12 bits per heavy atom. The van der Waals surface area contributed by atoms with Crippen molar-refractivity contribution in [3.63, 3.8) is 0 Å². The predicted molar refractivity (Wildman–Crippen MR) is 111 cm³/mol. The number of nitrogens with one attached hydrogen (secondary N) is 1. The van der Waals surface area contributed by atoms with Crippen LogP contribution >= 0.6 is 7.92 Å². The van der Waals surface area contributed by atoms with Crippen LogP contribution in [0.25, 0.3) is 0 Å². The molecule has 0 fully saturated rings. The molecule has 0 saturated heterocycles. The van der Waals surface area contributed by atoms with Crippen molar-refractivity contribution in [2.75, 3.05) is 19.6 Å². The van der Waals surface area contributed by atoms with Gasteiger partial charge in [-0.2, -0.15) is 0 Å². The molecule has 0 aromatic rings. The number of likely N-dealkylation sites (N-methyl/N-ethyl adjacent to an activating group) is 1. The van der Waals surface area contributed by atoms with Crippen molar-refractivity contribution in [3.8, 4) is 0 Å². The zero-order valence-corrected chi connectivity index (χ0v) is 20.3. The van der Waals surface area contributed by atoms with Gasteiger partial charge < -0.3 is 10.1 Å². The van der Waals surface area contributed by atoms with E-state index in [1.165, 1.54) is 17.8 Å². The molecule has 1 rings (SSSR count). The number of hydrogen-bond donors (Lipinski definition) is 1. The van der Waals surface area contributed by atoms with E-state index in [9.17, 15) is 0 Å². The molecule has 25 heavy (non-hydrogen) atoms. The van der Waals surface area contributed by atoms with E-state index in [0.717, 1.165) is 26.1 Å². The third kappa shape index (κ3) is 10.0. The molecule has 0 aliphatic carbocycles. The van der Waals surface area contributed by atoms with E-state index >= 15 is 0 Å². The fraction of sp³-hybridized carbons (Fsp3) is 0.750. The third-order valence-corrected chi connectivity index (χ3v) is 7.60. The number of hydrogen-bond acceptors (Lipinski definition) is 3. The van der Waals surface area contributed by atoms with Crippen LogP contribution in [0.2, 0.25) is 0 Å². The summed E-state index contributed by atoms with van der Waals surface area (Å²) in [4.78, 5) is 10.5. The Balaban J connectivity index is 0. The second-order valence-electron chi connectivity index (χ2n) is 8.22. The second-order valence-corrected chi connectivity index (χ2v) is 11.9. The molecule has 0 atom stereocenters. The number of nitrogens with zero attached hydrogens (tertiary/aromatic N) is 1. The van der Waals surface area contributed by atoms with Crippen molar-refractivity contribution >= 4 is 14.7 Å². The monoisotopic (exact) mass is 457 g/mol. The Kier molecular flexibility index (Phi) is 13.4. The fourth-order valence-corrected chi connectivity index (χ4v) is 6.45. The molecule has 0 spiro atoms. The Labute approximate surface area is 170 Å². The van der Waals surface area contributed by atoms with Gasteiger partial charge in [-0.3, -0.25) is 4.90 Å². The Hall–Kier alpha value is -0.0366. The van der Waals surface area contributed by atoms with Gasteiger partial charge in [-0.1, -0.05) is 69.4 Å². The van der Waals surface area contributed by atoms with Crippen LogP contribution < -0.4 is 5.32 Å². The summed E-state index contributed by atoms with van der Waals surface area (Å²) in [6.07, 6.45) is 4.71. The summed E-state index contributed by atoms with van der Waals surface area (Å²) >= 11 is 0. The Morgan fingerprint density at radius 2 is 1.60 bits per heavy atom.